The van der Waals surface area contributed by atoms with Gasteiger partial charge < -0.3 is 9.47 Å². The Morgan fingerprint density at radius 2 is 1.71 bits per heavy atom. The van der Waals surface area contributed by atoms with E-state index >= 15 is 0 Å². The number of halogens is 1. The Morgan fingerprint density at radius 1 is 1.00 bits per heavy atom. The third-order valence-electron chi connectivity index (χ3n) is 3.48. The minimum absolute atomic E-state index is 0.00900. The molecule has 3 heteroatoms. The molecule has 0 saturated heterocycles. The van der Waals surface area contributed by atoms with Crippen molar-refractivity contribution in [3.63, 3.8) is 0 Å². The second kappa shape index (κ2) is 7.48. The molecule has 21 heavy (non-hydrogen) atoms. The van der Waals surface area contributed by atoms with Gasteiger partial charge in [0.2, 0.25) is 0 Å². The maximum atomic E-state index is 6.11. The van der Waals surface area contributed by atoms with E-state index in [0.29, 0.717) is 6.61 Å². The maximum absolute atomic E-state index is 6.11. The van der Waals surface area contributed by atoms with Crippen LogP contribution in [0.4, 0.5) is 0 Å². The predicted octanol–water partition coefficient (Wildman–Crippen LogP) is 5.02. The second-order valence-electron chi connectivity index (χ2n) is 5.24. The van der Waals surface area contributed by atoms with Crippen LogP contribution in [0.2, 0.25) is 5.02 Å². The first-order valence-electron chi connectivity index (χ1n) is 7.14. The van der Waals surface area contributed by atoms with Crippen LogP contribution < -0.4 is 4.74 Å². The fraction of sp³-hybridized carbons (Fsp3) is 0.333. The van der Waals surface area contributed by atoms with Gasteiger partial charge in [-0.05, 0) is 44.0 Å². The first-order valence-corrected chi connectivity index (χ1v) is 7.52. The Morgan fingerprint density at radius 3 is 2.38 bits per heavy atom. The van der Waals surface area contributed by atoms with Crippen molar-refractivity contribution < 1.29 is 9.47 Å². The largest absolute Gasteiger partial charge is 0.488 e. The Hall–Kier alpha value is -1.51. The van der Waals surface area contributed by atoms with Crippen molar-refractivity contribution in [2.24, 2.45) is 0 Å². The average molecular weight is 305 g/mol. The average Bonchev–Trinajstić information content (AvgIpc) is 2.49. The molecule has 2 aromatic carbocycles. The number of ether oxygens (including phenoxy) is 2. The van der Waals surface area contributed by atoms with Crippen LogP contribution >= 0.6 is 11.6 Å². The summed E-state index contributed by atoms with van der Waals surface area (Å²) in [7, 11) is 0. The van der Waals surface area contributed by atoms with Crippen LogP contribution in [0, 0.1) is 6.92 Å². The summed E-state index contributed by atoms with van der Waals surface area (Å²) in [6.07, 6.45) is -0.0576. The number of rotatable bonds is 6. The van der Waals surface area contributed by atoms with Crippen LogP contribution in [0.3, 0.4) is 0 Å². The van der Waals surface area contributed by atoms with Gasteiger partial charge in [-0.25, -0.2) is 0 Å². The molecular formula is C18H21ClO2. The fourth-order valence-corrected chi connectivity index (χ4v) is 2.07. The molecule has 2 aromatic rings. The van der Waals surface area contributed by atoms with Crippen molar-refractivity contribution in [3.8, 4) is 5.75 Å². The van der Waals surface area contributed by atoms with Crippen molar-refractivity contribution >= 4 is 11.6 Å². The normalized spacial score (nSPS) is 13.7. The molecule has 0 aliphatic carbocycles. The smallest absolute Gasteiger partial charge is 0.122 e. The maximum Gasteiger partial charge on any atom is 0.122 e. The molecule has 0 aromatic heterocycles. The molecule has 0 fully saturated rings. The number of benzene rings is 2. The predicted molar refractivity (Wildman–Crippen MR) is 87.0 cm³/mol. The van der Waals surface area contributed by atoms with E-state index in [1.54, 1.807) is 0 Å². The Kier molecular flexibility index (Phi) is 5.66. The Labute approximate surface area is 131 Å². The zero-order valence-electron chi connectivity index (χ0n) is 12.7. The Bertz CT molecular complexity index is 569. The SMILES string of the molecule is Cc1ccc(O[C@@H](C)[C@@H](C)OCc2ccccc2)cc1Cl. The highest BCUT2D eigenvalue weighted by atomic mass is 35.5. The molecule has 0 unspecified atom stereocenters. The minimum Gasteiger partial charge on any atom is -0.488 e. The molecule has 0 spiro atoms. The van der Waals surface area contributed by atoms with Crippen LogP contribution in [-0.2, 0) is 11.3 Å². The molecule has 0 amide bonds. The van der Waals surface area contributed by atoms with Crippen molar-refractivity contribution in [3.05, 3.63) is 64.7 Å². The highest BCUT2D eigenvalue weighted by Crippen LogP contribution is 2.23. The van der Waals surface area contributed by atoms with Crippen molar-refractivity contribution in [2.75, 3.05) is 0 Å². The van der Waals surface area contributed by atoms with E-state index in [4.69, 9.17) is 21.1 Å². The van der Waals surface area contributed by atoms with Gasteiger partial charge in [-0.3, -0.25) is 0 Å². The van der Waals surface area contributed by atoms with E-state index in [2.05, 4.69) is 12.1 Å². The van der Waals surface area contributed by atoms with Gasteiger partial charge in [-0.15, -0.1) is 0 Å². The Balaban J connectivity index is 1.87. The van der Waals surface area contributed by atoms with Gasteiger partial charge in [-0.1, -0.05) is 48.0 Å². The summed E-state index contributed by atoms with van der Waals surface area (Å²) in [5.74, 6) is 0.772. The topological polar surface area (TPSA) is 18.5 Å². The number of hydrogen-bond donors (Lipinski definition) is 0. The van der Waals surface area contributed by atoms with Gasteiger partial charge in [0.25, 0.3) is 0 Å². The summed E-state index contributed by atoms with van der Waals surface area (Å²) in [6, 6.07) is 15.9. The fourth-order valence-electron chi connectivity index (χ4n) is 1.89. The van der Waals surface area contributed by atoms with Crippen molar-refractivity contribution in [1.82, 2.24) is 0 Å². The first-order chi connectivity index (χ1) is 10.1. The van der Waals surface area contributed by atoms with E-state index in [1.165, 1.54) is 0 Å². The molecule has 0 heterocycles. The summed E-state index contributed by atoms with van der Waals surface area (Å²) in [6.45, 7) is 6.58. The van der Waals surface area contributed by atoms with Crippen LogP contribution in [-0.4, -0.2) is 12.2 Å². The van der Waals surface area contributed by atoms with Crippen LogP contribution in [0.25, 0.3) is 0 Å². The van der Waals surface area contributed by atoms with Gasteiger partial charge in [0.1, 0.15) is 11.9 Å². The summed E-state index contributed by atoms with van der Waals surface area (Å²) in [5.41, 5.74) is 2.21. The molecule has 2 rings (SSSR count). The quantitative estimate of drug-likeness (QED) is 0.746. The molecule has 112 valence electrons. The van der Waals surface area contributed by atoms with E-state index in [1.807, 2.05) is 57.2 Å². The molecule has 0 bridgehead atoms. The second-order valence-corrected chi connectivity index (χ2v) is 5.64. The highest BCUT2D eigenvalue weighted by Gasteiger charge is 2.15. The van der Waals surface area contributed by atoms with E-state index < -0.39 is 0 Å². The zero-order valence-corrected chi connectivity index (χ0v) is 13.4. The minimum atomic E-state index is -0.0486. The van der Waals surface area contributed by atoms with Gasteiger partial charge in [0, 0.05) is 5.02 Å². The van der Waals surface area contributed by atoms with Crippen LogP contribution in [0.1, 0.15) is 25.0 Å². The standard InChI is InChI=1S/C18H21ClO2/c1-13-9-10-17(11-18(13)19)21-15(3)14(2)20-12-16-7-5-4-6-8-16/h4-11,14-15H,12H2,1-3H3/t14-,15+/m1/s1. The molecule has 0 saturated carbocycles. The monoisotopic (exact) mass is 304 g/mol. The van der Waals surface area contributed by atoms with E-state index in [9.17, 15) is 0 Å². The lowest BCUT2D eigenvalue weighted by Gasteiger charge is -2.22. The third-order valence-corrected chi connectivity index (χ3v) is 3.89. The lowest BCUT2D eigenvalue weighted by molar-refractivity contribution is -0.0164. The van der Waals surface area contributed by atoms with Crippen LogP contribution in [0.15, 0.2) is 48.5 Å². The summed E-state index contributed by atoms with van der Waals surface area (Å²) < 4.78 is 11.7. The molecule has 0 radical (unpaired) electrons. The molecular weight excluding hydrogens is 284 g/mol. The van der Waals surface area contributed by atoms with Gasteiger partial charge in [0.05, 0.1) is 12.7 Å². The molecule has 0 N–H and O–H groups in total. The van der Waals surface area contributed by atoms with Crippen molar-refractivity contribution in [1.29, 1.82) is 0 Å². The number of hydrogen-bond acceptors (Lipinski definition) is 2. The summed E-state index contributed by atoms with van der Waals surface area (Å²) in [5, 5.41) is 0.720. The zero-order chi connectivity index (χ0) is 15.2. The van der Waals surface area contributed by atoms with Gasteiger partial charge in [0.15, 0.2) is 0 Å². The first kappa shape index (κ1) is 15.9. The lowest BCUT2D eigenvalue weighted by atomic mass is 10.2. The highest BCUT2D eigenvalue weighted by molar-refractivity contribution is 6.31. The molecule has 2 atom stereocenters. The van der Waals surface area contributed by atoms with Gasteiger partial charge >= 0.3 is 0 Å². The molecule has 0 aliphatic heterocycles. The van der Waals surface area contributed by atoms with Crippen LogP contribution in [0.5, 0.6) is 5.75 Å². The van der Waals surface area contributed by atoms with E-state index in [-0.39, 0.29) is 12.2 Å². The van der Waals surface area contributed by atoms with Gasteiger partial charge in [-0.2, -0.15) is 0 Å². The molecule has 2 nitrogen and oxygen atoms in total. The lowest BCUT2D eigenvalue weighted by Crippen LogP contribution is -2.28. The van der Waals surface area contributed by atoms with E-state index in [0.717, 1.165) is 21.9 Å². The summed E-state index contributed by atoms with van der Waals surface area (Å²) in [4.78, 5) is 0. The summed E-state index contributed by atoms with van der Waals surface area (Å²) >= 11 is 6.11. The third kappa shape index (κ3) is 4.76. The van der Waals surface area contributed by atoms with Crippen molar-refractivity contribution in [2.45, 2.75) is 39.6 Å². The number of aryl methyl sites for hydroxylation is 1. The molecule has 0 aliphatic rings.